The van der Waals surface area contributed by atoms with E-state index in [0.717, 1.165) is 28.3 Å². The molecule has 0 bridgehead atoms. The fourth-order valence-electron chi connectivity index (χ4n) is 2.84. The van der Waals surface area contributed by atoms with Crippen molar-refractivity contribution >= 4 is 23.4 Å². The molecule has 1 aromatic carbocycles. The fraction of sp³-hybridized carbons (Fsp3) is 0.263. The van der Waals surface area contributed by atoms with E-state index in [1.807, 2.05) is 36.4 Å². The number of allylic oxidation sites excluding steroid dienone is 2. The number of thioether (sulfide) groups is 1. The summed E-state index contributed by atoms with van der Waals surface area (Å²) in [5.74, 6) is 1.43. The van der Waals surface area contributed by atoms with Crippen LogP contribution in [0.1, 0.15) is 12.0 Å². The Morgan fingerprint density at radius 1 is 1.29 bits per heavy atom. The van der Waals surface area contributed by atoms with E-state index in [1.165, 1.54) is 0 Å². The number of ether oxygens (including phenoxy) is 2. The molecule has 4 nitrogen and oxygen atoms in total. The number of ketones is 1. The van der Waals surface area contributed by atoms with Gasteiger partial charge in [-0.1, -0.05) is 42.5 Å². The molecule has 0 spiro atoms. The first kappa shape index (κ1) is 15.4. The van der Waals surface area contributed by atoms with Crippen LogP contribution < -0.4 is 0 Å². The third kappa shape index (κ3) is 3.09. The van der Waals surface area contributed by atoms with Crippen LogP contribution in [0.15, 0.2) is 69.7 Å². The average molecular weight is 339 g/mol. The lowest BCUT2D eigenvalue weighted by Gasteiger charge is -2.24. The van der Waals surface area contributed by atoms with Gasteiger partial charge in [-0.25, -0.2) is 4.99 Å². The first-order valence-corrected chi connectivity index (χ1v) is 8.94. The van der Waals surface area contributed by atoms with Gasteiger partial charge in [0.2, 0.25) is 5.90 Å². The van der Waals surface area contributed by atoms with Crippen LogP contribution in [-0.2, 0) is 20.9 Å². The minimum absolute atomic E-state index is 0.0572. The summed E-state index contributed by atoms with van der Waals surface area (Å²) in [4.78, 5) is 17.0. The predicted octanol–water partition coefficient (Wildman–Crippen LogP) is 3.41. The van der Waals surface area contributed by atoms with Crippen LogP contribution in [-0.4, -0.2) is 30.1 Å². The van der Waals surface area contributed by atoms with Crippen molar-refractivity contribution in [3.63, 3.8) is 0 Å². The lowest BCUT2D eigenvalue weighted by atomic mass is 9.99. The molecule has 4 rings (SSSR count). The van der Waals surface area contributed by atoms with Crippen molar-refractivity contribution in [3.05, 3.63) is 70.3 Å². The van der Waals surface area contributed by atoms with Gasteiger partial charge in [0, 0.05) is 5.75 Å². The van der Waals surface area contributed by atoms with E-state index in [9.17, 15) is 4.79 Å². The van der Waals surface area contributed by atoms with Crippen molar-refractivity contribution in [1.82, 2.24) is 0 Å². The summed E-state index contributed by atoms with van der Waals surface area (Å²) in [7, 11) is 0. The van der Waals surface area contributed by atoms with Crippen molar-refractivity contribution in [1.29, 1.82) is 0 Å². The van der Waals surface area contributed by atoms with Crippen LogP contribution >= 0.6 is 11.8 Å². The number of aliphatic imine (C=N–C) groups is 1. The highest BCUT2D eigenvalue weighted by molar-refractivity contribution is 8.03. The molecule has 0 saturated carbocycles. The van der Waals surface area contributed by atoms with Crippen LogP contribution in [0.25, 0.3) is 0 Å². The Kier molecular flexibility index (Phi) is 4.36. The van der Waals surface area contributed by atoms with E-state index in [2.05, 4.69) is 0 Å². The molecule has 5 heteroatoms. The smallest absolute Gasteiger partial charge is 0.221 e. The van der Waals surface area contributed by atoms with Crippen molar-refractivity contribution in [2.45, 2.75) is 19.1 Å². The summed E-state index contributed by atoms with van der Waals surface area (Å²) in [5, 5.41) is 0.972. The molecule has 3 aliphatic rings. The molecular formula is C19H17NO3S. The van der Waals surface area contributed by atoms with Gasteiger partial charge in [0.15, 0.2) is 11.9 Å². The Bertz CT molecular complexity index is 777. The third-order valence-electron chi connectivity index (χ3n) is 4.11. The number of carbonyl (C=O) groups is 1. The van der Waals surface area contributed by atoms with Gasteiger partial charge in [-0.2, -0.15) is 0 Å². The number of fused-ring (bicyclic) bond motifs is 1. The zero-order valence-corrected chi connectivity index (χ0v) is 13.9. The average Bonchev–Trinajstić information content (AvgIpc) is 3.03. The van der Waals surface area contributed by atoms with Crippen LogP contribution in [0.2, 0.25) is 0 Å². The summed E-state index contributed by atoms with van der Waals surface area (Å²) in [6.07, 6.45) is 5.47. The van der Waals surface area contributed by atoms with Gasteiger partial charge in [0.1, 0.15) is 11.6 Å². The Morgan fingerprint density at radius 3 is 3.04 bits per heavy atom. The quantitative estimate of drug-likeness (QED) is 0.828. The number of hydrogen-bond donors (Lipinski definition) is 0. The molecule has 0 N–H and O–H groups in total. The van der Waals surface area contributed by atoms with Crippen LogP contribution in [0.3, 0.4) is 0 Å². The number of carbonyl (C=O) groups excluding carboxylic acids is 1. The van der Waals surface area contributed by atoms with Crippen LogP contribution in [0.4, 0.5) is 0 Å². The number of rotatable bonds is 2. The summed E-state index contributed by atoms with van der Waals surface area (Å²) in [6, 6.07) is 9.94. The molecular weight excluding hydrogens is 322 g/mol. The Labute approximate surface area is 144 Å². The molecule has 1 unspecified atom stereocenters. The van der Waals surface area contributed by atoms with Crippen molar-refractivity contribution < 1.29 is 14.3 Å². The van der Waals surface area contributed by atoms with E-state index in [-0.39, 0.29) is 5.78 Å². The summed E-state index contributed by atoms with van der Waals surface area (Å²) >= 11 is 1.72. The molecule has 1 aromatic rings. The summed E-state index contributed by atoms with van der Waals surface area (Å²) in [6.45, 7) is 0.869. The van der Waals surface area contributed by atoms with Crippen LogP contribution in [0, 0.1) is 0 Å². The van der Waals surface area contributed by atoms with E-state index < -0.39 is 6.10 Å². The minimum atomic E-state index is -0.621. The molecule has 0 fully saturated rings. The predicted molar refractivity (Wildman–Crippen MR) is 94.7 cm³/mol. The van der Waals surface area contributed by atoms with Gasteiger partial charge in [-0.15, -0.1) is 11.8 Å². The minimum Gasteiger partial charge on any atom is -0.472 e. The monoisotopic (exact) mass is 339 g/mol. The second-order valence-electron chi connectivity index (χ2n) is 5.77. The maximum atomic E-state index is 12.2. The molecule has 2 heterocycles. The van der Waals surface area contributed by atoms with E-state index in [0.29, 0.717) is 24.7 Å². The summed E-state index contributed by atoms with van der Waals surface area (Å²) < 4.78 is 11.9. The van der Waals surface area contributed by atoms with E-state index in [4.69, 9.17) is 14.5 Å². The Morgan fingerprint density at radius 2 is 2.17 bits per heavy atom. The van der Waals surface area contributed by atoms with E-state index >= 15 is 0 Å². The molecule has 2 aliphatic heterocycles. The van der Waals surface area contributed by atoms with Gasteiger partial charge < -0.3 is 9.47 Å². The van der Waals surface area contributed by atoms with E-state index in [1.54, 1.807) is 23.9 Å². The van der Waals surface area contributed by atoms with Crippen molar-refractivity contribution in [2.24, 2.45) is 4.99 Å². The molecule has 0 aromatic heterocycles. The SMILES string of the molecule is O=C1C=CC=C2/C(OCc3ccccc3)=N\C3=C(CCS3)COC12. The van der Waals surface area contributed by atoms with Crippen molar-refractivity contribution in [2.75, 3.05) is 12.4 Å². The lowest BCUT2D eigenvalue weighted by molar-refractivity contribution is -0.123. The largest absolute Gasteiger partial charge is 0.472 e. The first-order chi connectivity index (χ1) is 11.8. The highest BCUT2D eigenvalue weighted by Crippen LogP contribution is 2.35. The number of benzene rings is 1. The van der Waals surface area contributed by atoms with Gasteiger partial charge in [0.05, 0.1) is 12.2 Å². The highest BCUT2D eigenvalue weighted by atomic mass is 32.2. The molecule has 24 heavy (non-hydrogen) atoms. The van der Waals surface area contributed by atoms with Gasteiger partial charge in [0.25, 0.3) is 0 Å². The Balaban J connectivity index is 1.66. The number of hydrogen-bond acceptors (Lipinski definition) is 5. The van der Waals surface area contributed by atoms with Crippen molar-refractivity contribution in [3.8, 4) is 0 Å². The third-order valence-corrected chi connectivity index (χ3v) is 5.18. The lowest BCUT2D eigenvalue weighted by Crippen LogP contribution is -2.33. The first-order valence-electron chi connectivity index (χ1n) is 7.95. The summed E-state index contributed by atoms with van der Waals surface area (Å²) in [5.41, 5.74) is 2.92. The zero-order valence-electron chi connectivity index (χ0n) is 13.1. The molecule has 122 valence electrons. The maximum absolute atomic E-state index is 12.2. The second kappa shape index (κ2) is 6.79. The molecule has 0 saturated heterocycles. The maximum Gasteiger partial charge on any atom is 0.221 e. The second-order valence-corrected chi connectivity index (χ2v) is 6.86. The topological polar surface area (TPSA) is 47.9 Å². The fourth-order valence-corrected chi connectivity index (χ4v) is 3.89. The zero-order chi connectivity index (χ0) is 16.4. The molecule has 0 amide bonds. The van der Waals surface area contributed by atoms with Gasteiger partial charge >= 0.3 is 0 Å². The normalized spacial score (nSPS) is 25.2. The number of nitrogens with zero attached hydrogens (tertiary/aromatic N) is 1. The van der Waals surface area contributed by atoms with Crippen LogP contribution in [0.5, 0.6) is 0 Å². The molecule has 1 atom stereocenters. The van der Waals surface area contributed by atoms with Gasteiger partial charge in [-0.05, 0) is 23.6 Å². The Hall–Kier alpha value is -2.11. The highest BCUT2D eigenvalue weighted by Gasteiger charge is 2.32. The standard InChI is InChI=1S/C19H17NO3S/c21-16-8-4-7-15-17(16)22-12-14-9-10-24-19(14)20-18(15)23-11-13-5-2-1-3-6-13/h1-8,17H,9-12H2/b20-18+. The molecule has 0 radical (unpaired) electrons. The van der Waals surface area contributed by atoms with Gasteiger partial charge in [-0.3, -0.25) is 4.79 Å². The molecule has 1 aliphatic carbocycles.